The van der Waals surface area contributed by atoms with Crippen LogP contribution in [-0.4, -0.2) is 19.7 Å². The van der Waals surface area contributed by atoms with E-state index in [1.54, 1.807) is 6.61 Å². The standard InChI is InChI=1S/C4H8NO2/c6-5-1-3-7-4-2-5/h3,5H,1-2,4H2. The van der Waals surface area contributed by atoms with Gasteiger partial charge in [0.15, 0.2) is 0 Å². The third-order valence-corrected chi connectivity index (χ3v) is 0.928. The number of morpholine rings is 1. The summed E-state index contributed by atoms with van der Waals surface area (Å²) in [6, 6.07) is 0. The van der Waals surface area contributed by atoms with E-state index in [-0.39, 0.29) is 5.06 Å². The van der Waals surface area contributed by atoms with E-state index in [9.17, 15) is 5.21 Å². The summed E-state index contributed by atoms with van der Waals surface area (Å²) in [5.41, 5.74) is 0. The number of hydrogen-bond donors (Lipinski definition) is 1. The molecule has 0 aromatic rings. The maximum atomic E-state index is 10.4. The summed E-state index contributed by atoms with van der Waals surface area (Å²) in [6.45, 7) is 3.24. The van der Waals surface area contributed by atoms with Crippen LogP contribution in [0.15, 0.2) is 0 Å². The highest BCUT2D eigenvalue weighted by Gasteiger charge is 2.03. The third-order valence-electron chi connectivity index (χ3n) is 0.928. The van der Waals surface area contributed by atoms with Crippen molar-refractivity contribution in [2.75, 3.05) is 19.7 Å². The largest absolute Gasteiger partial charge is 0.634 e. The maximum absolute atomic E-state index is 10.4. The number of hydroxylamine groups is 2. The average molecular weight is 102 g/mol. The highest BCUT2D eigenvalue weighted by molar-refractivity contribution is 4.50. The molecule has 1 saturated heterocycles. The average Bonchev–Trinajstić information content (AvgIpc) is 1.69. The van der Waals surface area contributed by atoms with Gasteiger partial charge in [0, 0.05) is 0 Å². The summed E-state index contributed by atoms with van der Waals surface area (Å²) in [5, 5.41) is 10.6. The first kappa shape index (κ1) is 5.03. The number of quaternary nitrogens is 1. The molecule has 7 heavy (non-hydrogen) atoms. The lowest BCUT2D eigenvalue weighted by molar-refractivity contribution is -0.852. The van der Waals surface area contributed by atoms with Crippen LogP contribution >= 0.6 is 0 Å². The fraction of sp³-hybridized carbons (Fsp3) is 0.750. The normalized spacial score (nSPS) is 25.3. The Kier molecular flexibility index (Phi) is 1.62. The second kappa shape index (κ2) is 2.26. The van der Waals surface area contributed by atoms with E-state index in [1.807, 2.05) is 0 Å². The fourth-order valence-corrected chi connectivity index (χ4v) is 0.510. The molecule has 1 atom stereocenters. The Morgan fingerprint density at radius 2 is 2.57 bits per heavy atom. The molecule has 1 N–H and O–H groups in total. The topological polar surface area (TPSA) is 36.7 Å². The fourth-order valence-electron chi connectivity index (χ4n) is 0.510. The first-order valence-corrected chi connectivity index (χ1v) is 2.34. The first-order chi connectivity index (χ1) is 3.39. The summed E-state index contributed by atoms with van der Waals surface area (Å²) in [4.78, 5) is 0. The quantitative estimate of drug-likeness (QED) is 0.380. The minimum absolute atomic E-state index is 0.284. The Morgan fingerprint density at radius 3 is 2.86 bits per heavy atom. The first-order valence-electron chi connectivity index (χ1n) is 2.34. The molecule has 0 aromatic carbocycles. The van der Waals surface area contributed by atoms with Gasteiger partial charge in [-0.05, 0) is 0 Å². The van der Waals surface area contributed by atoms with E-state index in [0.29, 0.717) is 19.7 Å². The van der Waals surface area contributed by atoms with Gasteiger partial charge in [-0.3, -0.25) is 0 Å². The second-order valence-corrected chi connectivity index (χ2v) is 1.53. The molecule has 41 valence electrons. The molecule has 0 bridgehead atoms. The van der Waals surface area contributed by atoms with Gasteiger partial charge in [0.25, 0.3) is 0 Å². The predicted molar refractivity (Wildman–Crippen MR) is 24.3 cm³/mol. The van der Waals surface area contributed by atoms with Gasteiger partial charge >= 0.3 is 0 Å². The van der Waals surface area contributed by atoms with E-state index < -0.39 is 0 Å². The van der Waals surface area contributed by atoms with Crippen molar-refractivity contribution in [2.24, 2.45) is 0 Å². The zero-order valence-corrected chi connectivity index (χ0v) is 4.02. The molecule has 0 saturated carbocycles. The number of nitrogens with one attached hydrogen (secondary N) is 1. The minimum Gasteiger partial charge on any atom is -0.634 e. The van der Waals surface area contributed by atoms with Gasteiger partial charge in [-0.25, -0.2) is 0 Å². The van der Waals surface area contributed by atoms with Crippen LogP contribution in [0.25, 0.3) is 0 Å². The number of ether oxygens (including phenoxy) is 1. The van der Waals surface area contributed by atoms with Crippen LogP contribution in [0.4, 0.5) is 0 Å². The molecule has 1 unspecified atom stereocenters. The van der Waals surface area contributed by atoms with Crippen molar-refractivity contribution in [3.63, 3.8) is 0 Å². The van der Waals surface area contributed by atoms with Crippen LogP contribution < -0.4 is 5.06 Å². The molecule has 0 aromatic heterocycles. The zero-order chi connectivity index (χ0) is 5.11. The van der Waals surface area contributed by atoms with Crippen LogP contribution in [0.1, 0.15) is 0 Å². The Labute approximate surface area is 42.4 Å². The molecule has 1 radical (unpaired) electrons. The molecule has 1 rings (SSSR count). The van der Waals surface area contributed by atoms with Crippen LogP contribution in [0, 0.1) is 11.8 Å². The summed E-state index contributed by atoms with van der Waals surface area (Å²) in [7, 11) is 0. The molecule has 0 amide bonds. The van der Waals surface area contributed by atoms with Gasteiger partial charge in [-0.15, -0.1) is 0 Å². The van der Waals surface area contributed by atoms with Crippen LogP contribution in [0.3, 0.4) is 0 Å². The third kappa shape index (κ3) is 1.43. The number of hydrogen-bond acceptors (Lipinski definition) is 2. The van der Waals surface area contributed by atoms with E-state index in [2.05, 4.69) is 0 Å². The van der Waals surface area contributed by atoms with Gasteiger partial charge in [-0.1, -0.05) is 0 Å². The molecule has 1 fully saturated rings. The molecule has 1 heterocycles. The lowest BCUT2D eigenvalue weighted by Gasteiger charge is -2.25. The smallest absolute Gasteiger partial charge is 0.138 e. The predicted octanol–water partition coefficient (Wildman–Crippen LogP) is -1.44. The molecule has 0 aliphatic carbocycles. The van der Waals surface area contributed by atoms with E-state index in [0.717, 1.165) is 0 Å². The van der Waals surface area contributed by atoms with Gasteiger partial charge in [0.1, 0.15) is 19.7 Å². The summed E-state index contributed by atoms with van der Waals surface area (Å²) in [6.07, 6.45) is 0. The van der Waals surface area contributed by atoms with Gasteiger partial charge < -0.3 is 15.0 Å². The summed E-state index contributed by atoms with van der Waals surface area (Å²) < 4.78 is 4.79. The van der Waals surface area contributed by atoms with E-state index in [1.165, 1.54) is 0 Å². The molecular weight excluding hydrogens is 94.0 g/mol. The molecule has 1 aliphatic rings. The minimum atomic E-state index is 0.284. The van der Waals surface area contributed by atoms with E-state index >= 15 is 0 Å². The van der Waals surface area contributed by atoms with Gasteiger partial charge in [0.2, 0.25) is 0 Å². The number of rotatable bonds is 0. The highest BCUT2D eigenvalue weighted by atomic mass is 16.5. The molecule has 3 heteroatoms. The maximum Gasteiger partial charge on any atom is 0.138 e. The zero-order valence-electron chi connectivity index (χ0n) is 4.02. The lowest BCUT2D eigenvalue weighted by atomic mass is 10.5. The molecule has 1 aliphatic heterocycles. The van der Waals surface area contributed by atoms with Gasteiger partial charge in [0.05, 0.1) is 6.61 Å². The highest BCUT2D eigenvalue weighted by Crippen LogP contribution is 1.78. The Morgan fingerprint density at radius 1 is 1.71 bits per heavy atom. The molecule has 0 spiro atoms. The van der Waals surface area contributed by atoms with Crippen molar-refractivity contribution in [1.29, 1.82) is 0 Å². The van der Waals surface area contributed by atoms with Crippen molar-refractivity contribution < 1.29 is 9.80 Å². The Balaban J connectivity index is 2.12. The van der Waals surface area contributed by atoms with Crippen molar-refractivity contribution >= 4 is 0 Å². The lowest BCUT2D eigenvalue weighted by Crippen LogP contribution is -3.08. The van der Waals surface area contributed by atoms with Crippen molar-refractivity contribution in [3.8, 4) is 0 Å². The SMILES string of the molecule is [O-][NH+]1C[CH]OCC1. The Bertz CT molecular complexity index is 51.7. The van der Waals surface area contributed by atoms with E-state index in [4.69, 9.17) is 4.74 Å². The molecule has 3 nitrogen and oxygen atoms in total. The monoisotopic (exact) mass is 102 g/mol. The summed E-state index contributed by atoms with van der Waals surface area (Å²) in [5.74, 6) is 0. The van der Waals surface area contributed by atoms with Crippen molar-refractivity contribution in [2.45, 2.75) is 0 Å². The molecular formula is C4H8NO2. The van der Waals surface area contributed by atoms with Crippen molar-refractivity contribution in [1.82, 2.24) is 0 Å². The van der Waals surface area contributed by atoms with Crippen LogP contribution in [-0.2, 0) is 4.74 Å². The van der Waals surface area contributed by atoms with Crippen molar-refractivity contribution in [3.05, 3.63) is 11.8 Å². The second-order valence-electron chi connectivity index (χ2n) is 1.53. The van der Waals surface area contributed by atoms with Crippen LogP contribution in [0.2, 0.25) is 0 Å². The van der Waals surface area contributed by atoms with Crippen LogP contribution in [0.5, 0.6) is 0 Å². The summed E-state index contributed by atoms with van der Waals surface area (Å²) >= 11 is 0. The Hall–Kier alpha value is -0.120. The van der Waals surface area contributed by atoms with Gasteiger partial charge in [-0.2, -0.15) is 0 Å².